The molecule has 0 aliphatic carbocycles. The number of likely N-dealkylation sites (tertiary alicyclic amines) is 2. The number of esters is 2. The zero-order valence-corrected chi connectivity index (χ0v) is 30.2. The number of carbonyl (C=O) groups is 7. The molecule has 0 radical (unpaired) electrons. The van der Waals surface area contributed by atoms with Crippen molar-refractivity contribution in [2.45, 2.75) is 110 Å². The predicted octanol–water partition coefficient (Wildman–Crippen LogP) is 1.66. The average Bonchev–Trinajstić information content (AvgIpc) is 3.72. The summed E-state index contributed by atoms with van der Waals surface area (Å²) in [4.78, 5) is 94.8. The van der Waals surface area contributed by atoms with Gasteiger partial charge in [-0.1, -0.05) is 37.3 Å². The number of ether oxygens (including phenoxy) is 3. The van der Waals surface area contributed by atoms with Crippen molar-refractivity contribution in [2.75, 3.05) is 26.7 Å². The van der Waals surface area contributed by atoms with Gasteiger partial charge in [-0.3, -0.25) is 28.9 Å². The highest BCUT2D eigenvalue weighted by atomic mass is 16.6. The quantitative estimate of drug-likeness (QED) is 0.183. The number of carbonyl (C=O) groups excluding carboxylic acids is 7. The number of nitrogens with zero attached hydrogens (tertiary/aromatic N) is 3. The first-order valence-electron chi connectivity index (χ1n) is 16.9. The predicted molar refractivity (Wildman–Crippen MR) is 180 cm³/mol. The Morgan fingerprint density at radius 2 is 1.64 bits per heavy atom. The third kappa shape index (κ3) is 10.2. The molecule has 15 heteroatoms. The highest BCUT2D eigenvalue weighted by Crippen LogP contribution is 2.26. The van der Waals surface area contributed by atoms with E-state index >= 15 is 0 Å². The van der Waals surface area contributed by atoms with Crippen molar-refractivity contribution in [3.05, 3.63) is 35.9 Å². The van der Waals surface area contributed by atoms with E-state index in [1.54, 1.807) is 51.1 Å². The van der Waals surface area contributed by atoms with E-state index in [9.17, 15) is 33.6 Å². The Balaban J connectivity index is 1.55. The normalized spacial score (nSPS) is 21.3. The van der Waals surface area contributed by atoms with E-state index in [-0.39, 0.29) is 18.9 Å². The van der Waals surface area contributed by atoms with Crippen LogP contribution in [0.4, 0.5) is 4.79 Å². The summed E-state index contributed by atoms with van der Waals surface area (Å²) < 4.78 is 16.0. The zero-order chi connectivity index (χ0) is 37.5. The molecule has 276 valence electrons. The number of amides is 4. The van der Waals surface area contributed by atoms with Crippen LogP contribution in [-0.2, 0) is 38.2 Å². The maximum absolute atomic E-state index is 13.5. The van der Waals surface area contributed by atoms with E-state index in [1.807, 2.05) is 6.92 Å². The van der Waals surface area contributed by atoms with Crippen molar-refractivity contribution in [1.82, 2.24) is 20.0 Å². The Morgan fingerprint density at radius 3 is 2.26 bits per heavy atom. The van der Waals surface area contributed by atoms with Gasteiger partial charge < -0.3 is 35.1 Å². The fraction of sp³-hybridized carbons (Fsp3) is 0.629. The molecule has 0 bridgehead atoms. The topological polar surface area (TPSA) is 195 Å². The smallest absolute Gasteiger partial charge is 0.410 e. The van der Waals surface area contributed by atoms with E-state index in [0.717, 1.165) is 0 Å². The Bertz CT molecular complexity index is 1430. The van der Waals surface area contributed by atoms with Gasteiger partial charge in [0, 0.05) is 25.7 Å². The molecule has 2 aliphatic heterocycles. The minimum atomic E-state index is -1.38. The van der Waals surface area contributed by atoms with E-state index in [2.05, 4.69) is 5.32 Å². The van der Waals surface area contributed by atoms with E-state index < -0.39 is 90.1 Å². The second-order valence-electron chi connectivity index (χ2n) is 14.1. The van der Waals surface area contributed by atoms with Crippen molar-refractivity contribution in [1.29, 1.82) is 0 Å². The number of rotatable bonds is 12. The summed E-state index contributed by atoms with van der Waals surface area (Å²) in [5.74, 6) is -3.75. The van der Waals surface area contributed by atoms with Gasteiger partial charge in [-0.05, 0) is 66.7 Å². The molecular formula is C35H51N5O10. The van der Waals surface area contributed by atoms with Crippen LogP contribution in [-0.4, -0.2) is 125 Å². The van der Waals surface area contributed by atoms with Gasteiger partial charge >= 0.3 is 18.0 Å². The number of nitrogens with two attached hydrogens (primary N) is 1. The Hall–Kier alpha value is -4.53. The number of Topliss-reactive ketones (excluding diaryl/α,β-unsaturated/α-hetero) is 1. The molecule has 0 spiro atoms. The lowest BCUT2D eigenvalue weighted by molar-refractivity contribution is -0.162. The largest absolute Gasteiger partial charge is 0.459 e. The van der Waals surface area contributed by atoms with Crippen molar-refractivity contribution in [3.8, 4) is 0 Å². The van der Waals surface area contributed by atoms with Crippen LogP contribution in [0.25, 0.3) is 0 Å². The molecule has 1 aromatic carbocycles. The lowest BCUT2D eigenvalue weighted by atomic mass is 10.1. The SMILES string of the molecule is C[C@H]1C[C@@H](C(=O)O[C@@H](C)[C@H](N)C(=O)OCC(=O)c2ccccc2)N(C(=O)[C@H](C)NC(=O)[C@H](C)N(C)C(=O)[C@@H]2CCCN2C(=O)OC(C)(C)C)C1. The van der Waals surface area contributed by atoms with Gasteiger partial charge in [0.25, 0.3) is 0 Å². The van der Waals surface area contributed by atoms with Gasteiger partial charge in [0.05, 0.1) is 0 Å². The van der Waals surface area contributed by atoms with E-state index in [0.29, 0.717) is 24.9 Å². The van der Waals surface area contributed by atoms with E-state index in [4.69, 9.17) is 19.9 Å². The summed E-state index contributed by atoms with van der Waals surface area (Å²) in [7, 11) is 1.46. The molecule has 3 rings (SSSR count). The summed E-state index contributed by atoms with van der Waals surface area (Å²) in [6.07, 6.45) is -0.413. The molecule has 2 saturated heterocycles. The first kappa shape index (κ1) is 39.9. The van der Waals surface area contributed by atoms with Crippen LogP contribution in [0, 0.1) is 5.92 Å². The maximum Gasteiger partial charge on any atom is 0.410 e. The lowest BCUT2D eigenvalue weighted by Gasteiger charge is -2.33. The van der Waals surface area contributed by atoms with Gasteiger partial charge in [0.2, 0.25) is 17.7 Å². The van der Waals surface area contributed by atoms with Gasteiger partial charge in [-0.15, -0.1) is 0 Å². The van der Waals surface area contributed by atoms with Crippen molar-refractivity contribution in [3.63, 3.8) is 0 Å². The molecule has 0 aromatic heterocycles. The molecule has 2 fully saturated rings. The molecule has 4 amide bonds. The summed E-state index contributed by atoms with van der Waals surface area (Å²) in [6, 6.07) is 3.07. The Morgan fingerprint density at radius 1 is 1.00 bits per heavy atom. The number of likely N-dealkylation sites (N-methyl/N-ethyl adjacent to an activating group) is 1. The maximum atomic E-state index is 13.5. The number of hydrogen-bond donors (Lipinski definition) is 2. The number of benzene rings is 1. The number of hydrogen-bond acceptors (Lipinski definition) is 11. The fourth-order valence-electron chi connectivity index (χ4n) is 5.79. The van der Waals surface area contributed by atoms with Crippen LogP contribution in [0.3, 0.4) is 0 Å². The molecule has 7 atom stereocenters. The molecule has 3 N–H and O–H groups in total. The van der Waals surface area contributed by atoms with Gasteiger partial charge in [0.1, 0.15) is 41.9 Å². The van der Waals surface area contributed by atoms with Crippen molar-refractivity contribution < 1.29 is 47.8 Å². The molecular weight excluding hydrogens is 650 g/mol. The zero-order valence-electron chi connectivity index (χ0n) is 30.2. The van der Waals surface area contributed by atoms with Crippen LogP contribution in [0.5, 0.6) is 0 Å². The van der Waals surface area contributed by atoms with E-state index in [1.165, 1.54) is 42.5 Å². The molecule has 0 saturated carbocycles. The highest BCUT2D eigenvalue weighted by Gasteiger charge is 2.43. The van der Waals surface area contributed by atoms with Crippen LogP contribution in [0.15, 0.2) is 30.3 Å². The molecule has 1 aromatic rings. The lowest BCUT2D eigenvalue weighted by Crippen LogP contribution is -2.56. The highest BCUT2D eigenvalue weighted by molar-refractivity contribution is 5.98. The fourth-order valence-corrected chi connectivity index (χ4v) is 5.79. The van der Waals surface area contributed by atoms with Crippen LogP contribution >= 0.6 is 0 Å². The first-order valence-corrected chi connectivity index (χ1v) is 16.9. The Labute approximate surface area is 293 Å². The number of ketones is 1. The summed E-state index contributed by atoms with van der Waals surface area (Å²) in [6.45, 7) is 11.5. The van der Waals surface area contributed by atoms with Crippen LogP contribution in [0.1, 0.15) is 78.1 Å². The van der Waals surface area contributed by atoms with Gasteiger partial charge in [-0.25, -0.2) is 9.59 Å². The minimum absolute atomic E-state index is 0.0700. The second kappa shape index (κ2) is 16.9. The van der Waals surface area contributed by atoms with Crippen molar-refractivity contribution >= 4 is 41.5 Å². The molecule has 0 unspecified atom stereocenters. The van der Waals surface area contributed by atoms with Crippen LogP contribution < -0.4 is 11.1 Å². The third-order valence-electron chi connectivity index (χ3n) is 8.79. The minimum Gasteiger partial charge on any atom is -0.459 e. The van der Waals surface area contributed by atoms with Crippen molar-refractivity contribution in [2.24, 2.45) is 11.7 Å². The Kier molecular flexibility index (Phi) is 13.5. The summed E-state index contributed by atoms with van der Waals surface area (Å²) in [5.41, 5.74) is 5.60. The summed E-state index contributed by atoms with van der Waals surface area (Å²) >= 11 is 0. The molecule has 50 heavy (non-hydrogen) atoms. The molecule has 2 aliphatic rings. The first-order chi connectivity index (χ1) is 23.3. The average molecular weight is 702 g/mol. The number of nitrogens with one attached hydrogen (secondary N) is 1. The molecule has 15 nitrogen and oxygen atoms in total. The summed E-state index contributed by atoms with van der Waals surface area (Å²) in [5, 5.41) is 2.64. The van der Waals surface area contributed by atoms with Gasteiger partial charge in [0.15, 0.2) is 12.4 Å². The monoisotopic (exact) mass is 701 g/mol. The molecule has 2 heterocycles. The van der Waals surface area contributed by atoms with Gasteiger partial charge in [-0.2, -0.15) is 0 Å². The second-order valence-corrected chi connectivity index (χ2v) is 14.1. The van der Waals surface area contributed by atoms with Crippen LogP contribution in [0.2, 0.25) is 0 Å². The third-order valence-corrected chi connectivity index (χ3v) is 8.79. The standard InChI is InChI=1S/C35H51N5O10/c1-20-17-26(32(45)49-23(4)28(36)33(46)48-19-27(41)24-13-10-9-11-14-24)40(18-20)30(43)21(2)37-29(42)22(3)38(8)31(44)25-15-12-16-39(25)34(47)50-35(5,6)7/h9-11,13-14,20-23,25-26,28H,12,15-19,36H2,1-8H3,(H,37,42)/t20-,21-,22-,23-,25-,26-,28-/m0/s1.